The van der Waals surface area contributed by atoms with Crippen LogP contribution in [0.4, 0.5) is 11.4 Å². The van der Waals surface area contributed by atoms with Gasteiger partial charge in [0.05, 0.1) is 11.3 Å². The monoisotopic (exact) mass is 242 g/mol. The predicted octanol–water partition coefficient (Wildman–Crippen LogP) is 4.29. The first-order valence-electron chi connectivity index (χ1n) is 5.43. The summed E-state index contributed by atoms with van der Waals surface area (Å²) in [4.78, 5) is 0. The van der Waals surface area contributed by atoms with Gasteiger partial charge in [-0.25, -0.2) is 0 Å². The number of anilines is 2. The van der Waals surface area contributed by atoms with E-state index in [9.17, 15) is 0 Å². The zero-order valence-corrected chi connectivity index (χ0v) is 11.0. The van der Waals surface area contributed by atoms with Crippen LogP contribution in [0.15, 0.2) is 22.9 Å². The van der Waals surface area contributed by atoms with Crippen LogP contribution >= 0.6 is 11.3 Å². The SMILES string of the molecule is Cc1cc(C)c(Nc2cscc2C#N)c(C)c1. The van der Waals surface area contributed by atoms with Crippen molar-refractivity contribution in [2.45, 2.75) is 20.8 Å². The number of hydrogen-bond acceptors (Lipinski definition) is 3. The molecule has 1 N–H and O–H groups in total. The van der Waals surface area contributed by atoms with Crippen molar-refractivity contribution in [1.82, 2.24) is 0 Å². The molecule has 0 atom stereocenters. The molecule has 1 heterocycles. The summed E-state index contributed by atoms with van der Waals surface area (Å²) in [6.45, 7) is 6.26. The Morgan fingerprint density at radius 2 is 1.76 bits per heavy atom. The summed E-state index contributed by atoms with van der Waals surface area (Å²) in [5.74, 6) is 0. The van der Waals surface area contributed by atoms with Gasteiger partial charge in [0.1, 0.15) is 6.07 Å². The van der Waals surface area contributed by atoms with Gasteiger partial charge in [0, 0.05) is 16.4 Å². The van der Waals surface area contributed by atoms with Crippen molar-refractivity contribution in [3.8, 4) is 6.07 Å². The number of nitriles is 1. The Labute approximate surface area is 106 Å². The van der Waals surface area contributed by atoms with Crippen LogP contribution in [0.5, 0.6) is 0 Å². The highest BCUT2D eigenvalue weighted by Crippen LogP contribution is 2.29. The number of hydrogen-bond donors (Lipinski definition) is 1. The lowest BCUT2D eigenvalue weighted by Gasteiger charge is -2.13. The zero-order valence-electron chi connectivity index (χ0n) is 10.2. The van der Waals surface area contributed by atoms with Gasteiger partial charge in [0.25, 0.3) is 0 Å². The largest absolute Gasteiger partial charge is 0.353 e. The van der Waals surface area contributed by atoms with Crippen molar-refractivity contribution < 1.29 is 0 Å². The molecule has 86 valence electrons. The van der Waals surface area contributed by atoms with Gasteiger partial charge in [-0.15, -0.1) is 11.3 Å². The van der Waals surface area contributed by atoms with Crippen molar-refractivity contribution in [2.24, 2.45) is 0 Å². The van der Waals surface area contributed by atoms with E-state index in [0.29, 0.717) is 5.56 Å². The van der Waals surface area contributed by atoms with Gasteiger partial charge in [-0.05, 0) is 31.9 Å². The Morgan fingerprint density at radius 1 is 1.12 bits per heavy atom. The van der Waals surface area contributed by atoms with Crippen LogP contribution in [0.25, 0.3) is 0 Å². The normalized spacial score (nSPS) is 10.0. The molecule has 0 aliphatic carbocycles. The van der Waals surface area contributed by atoms with Crippen LogP contribution in [0.2, 0.25) is 0 Å². The molecule has 2 aromatic rings. The molecule has 2 nitrogen and oxygen atoms in total. The van der Waals surface area contributed by atoms with Gasteiger partial charge < -0.3 is 5.32 Å². The molecule has 2 rings (SSSR count). The number of aryl methyl sites for hydroxylation is 3. The molecule has 0 amide bonds. The number of nitrogens with zero attached hydrogens (tertiary/aromatic N) is 1. The van der Waals surface area contributed by atoms with E-state index in [2.05, 4.69) is 44.3 Å². The van der Waals surface area contributed by atoms with Crippen LogP contribution in [0.3, 0.4) is 0 Å². The molecule has 0 fully saturated rings. The molecular weight excluding hydrogens is 228 g/mol. The number of thiophene rings is 1. The van der Waals surface area contributed by atoms with E-state index in [1.807, 2.05) is 10.8 Å². The second-order valence-corrected chi connectivity index (χ2v) is 4.95. The summed E-state index contributed by atoms with van der Waals surface area (Å²) in [6, 6.07) is 6.49. The lowest BCUT2D eigenvalue weighted by molar-refractivity contribution is 1.31. The molecule has 1 aromatic heterocycles. The summed E-state index contributed by atoms with van der Waals surface area (Å²) in [5.41, 5.74) is 6.37. The minimum atomic E-state index is 0.703. The minimum absolute atomic E-state index is 0.703. The van der Waals surface area contributed by atoms with Crippen LogP contribution < -0.4 is 5.32 Å². The Bertz CT molecular complexity index is 568. The highest BCUT2D eigenvalue weighted by atomic mass is 32.1. The van der Waals surface area contributed by atoms with Gasteiger partial charge in [-0.3, -0.25) is 0 Å². The van der Waals surface area contributed by atoms with Crippen molar-refractivity contribution in [3.05, 3.63) is 45.1 Å². The fourth-order valence-electron chi connectivity index (χ4n) is 1.99. The number of nitrogens with one attached hydrogen (secondary N) is 1. The van der Waals surface area contributed by atoms with Gasteiger partial charge in [-0.2, -0.15) is 5.26 Å². The summed E-state index contributed by atoms with van der Waals surface area (Å²) in [6.07, 6.45) is 0. The molecule has 0 saturated carbocycles. The van der Waals surface area contributed by atoms with Crippen LogP contribution in [0.1, 0.15) is 22.3 Å². The number of benzene rings is 1. The second kappa shape index (κ2) is 4.60. The summed E-state index contributed by atoms with van der Waals surface area (Å²) >= 11 is 1.54. The van der Waals surface area contributed by atoms with Crippen molar-refractivity contribution in [1.29, 1.82) is 5.26 Å². The quantitative estimate of drug-likeness (QED) is 0.852. The van der Waals surface area contributed by atoms with E-state index >= 15 is 0 Å². The topological polar surface area (TPSA) is 35.8 Å². The Hall–Kier alpha value is -1.79. The average Bonchev–Trinajstić information content (AvgIpc) is 2.70. The molecule has 0 bridgehead atoms. The predicted molar refractivity (Wildman–Crippen MR) is 73.0 cm³/mol. The molecule has 1 aromatic carbocycles. The molecule has 0 unspecified atom stereocenters. The molecular formula is C14H14N2S. The first-order valence-corrected chi connectivity index (χ1v) is 6.37. The fourth-order valence-corrected chi connectivity index (χ4v) is 2.70. The summed E-state index contributed by atoms with van der Waals surface area (Å²) < 4.78 is 0. The van der Waals surface area contributed by atoms with E-state index in [0.717, 1.165) is 11.4 Å². The van der Waals surface area contributed by atoms with E-state index in [1.165, 1.54) is 28.0 Å². The van der Waals surface area contributed by atoms with Crippen LogP contribution in [-0.2, 0) is 0 Å². The fraction of sp³-hybridized carbons (Fsp3) is 0.214. The zero-order chi connectivity index (χ0) is 12.4. The highest BCUT2D eigenvalue weighted by molar-refractivity contribution is 7.08. The summed E-state index contributed by atoms with van der Waals surface area (Å²) in [7, 11) is 0. The standard InChI is InChI=1S/C14H14N2S/c1-9-4-10(2)14(11(3)5-9)16-13-8-17-7-12(13)6-15/h4-5,7-8,16H,1-3H3. The first kappa shape index (κ1) is 11.7. The smallest absolute Gasteiger partial charge is 0.102 e. The van der Waals surface area contributed by atoms with Crippen molar-refractivity contribution >= 4 is 22.7 Å². The maximum Gasteiger partial charge on any atom is 0.102 e. The lowest BCUT2D eigenvalue weighted by Crippen LogP contribution is -1.97. The van der Waals surface area contributed by atoms with Crippen LogP contribution in [0, 0.1) is 32.1 Å². The first-order chi connectivity index (χ1) is 8.11. The molecule has 3 heteroatoms. The van der Waals surface area contributed by atoms with Gasteiger partial charge in [0.2, 0.25) is 0 Å². The Balaban J connectivity index is 2.41. The van der Waals surface area contributed by atoms with Gasteiger partial charge in [0.15, 0.2) is 0 Å². The Kier molecular flexibility index (Phi) is 3.16. The van der Waals surface area contributed by atoms with E-state index in [-0.39, 0.29) is 0 Å². The molecule has 0 radical (unpaired) electrons. The van der Waals surface area contributed by atoms with Gasteiger partial charge in [-0.1, -0.05) is 17.7 Å². The van der Waals surface area contributed by atoms with Crippen LogP contribution in [-0.4, -0.2) is 0 Å². The average molecular weight is 242 g/mol. The maximum absolute atomic E-state index is 8.98. The minimum Gasteiger partial charge on any atom is -0.353 e. The molecule has 17 heavy (non-hydrogen) atoms. The van der Waals surface area contributed by atoms with E-state index < -0.39 is 0 Å². The molecule has 0 aliphatic heterocycles. The van der Waals surface area contributed by atoms with Gasteiger partial charge >= 0.3 is 0 Å². The third kappa shape index (κ3) is 2.32. The van der Waals surface area contributed by atoms with E-state index in [4.69, 9.17) is 5.26 Å². The Morgan fingerprint density at radius 3 is 2.35 bits per heavy atom. The van der Waals surface area contributed by atoms with E-state index in [1.54, 1.807) is 0 Å². The third-order valence-corrected chi connectivity index (χ3v) is 3.46. The molecule has 0 spiro atoms. The molecule has 0 aliphatic rings. The second-order valence-electron chi connectivity index (χ2n) is 4.21. The molecule has 0 saturated heterocycles. The lowest BCUT2D eigenvalue weighted by atomic mass is 10.0. The third-order valence-electron chi connectivity index (χ3n) is 2.72. The van der Waals surface area contributed by atoms with Crippen molar-refractivity contribution in [3.63, 3.8) is 0 Å². The summed E-state index contributed by atoms with van der Waals surface area (Å²) in [5, 5.41) is 16.2. The highest BCUT2D eigenvalue weighted by Gasteiger charge is 2.07. The van der Waals surface area contributed by atoms with Crippen molar-refractivity contribution in [2.75, 3.05) is 5.32 Å². The number of rotatable bonds is 2. The maximum atomic E-state index is 8.98.